The summed E-state index contributed by atoms with van der Waals surface area (Å²) in [7, 11) is 3.13. The number of esters is 1. The van der Waals surface area contributed by atoms with Gasteiger partial charge in [0.05, 0.1) is 26.5 Å². The lowest BCUT2D eigenvalue weighted by Crippen LogP contribution is -2.09. The molecule has 4 aromatic rings. The van der Waals surface area contributed by atoms with Gasteiger partial charge in [-0.1, -0.05) is 24.0 Å². The predicted octanol–water partition coefficient (Wildman–Crippen LogP) is 5.40. The van der Waals surface area contributed by atoms with Crippen LogP contribution in [0.2, 0.25) is 0 Å². The molecule has 0 radical (unpaired) electrons. The number of methoxy groups -OCH3 is 2. The Kier molecular flexibility index (Phi) is 7.39. The van der Waals surface area contributed by atoms with E-state index in [1.807, 2.05) is 60.7 Å². The van der Waals surface area contributed by atoms with Gasteiger partial charge in [-0.3, -0.25) is 4.98 Å². The van der Waals surface area contributed by atoms with Gasteiger partial charge in [-0.15, -0.1) is 0 Å². The van der Waals surface area contributed by atoms with E-state index >= 15 is 0 Å². The van der Waals surface area contributed by atoms with Gasteiger partial charge in [0.1, 0.15) is 17.0 Å². The Hall–Kier alpha value is -4.63. The fraction of sp³-hybridized carbons (Fsp3) is 0.138. The molecule has 0 unspecified atom stereocenters. The molecule has 174 valence electrons. The first-order valence-electron chi connectivity index (χ1n) is 11.1. The molecule has 0 spiro atoms. The van der Waals surface area contributed by atoms with E-state index in [0.29, 0.717) is 22.7 Å². The summed E-state index contributed by atoms with van der Waals surface area (Å²) >= 11 is 0. The third-order valence-electron chi connectivity index (χ3n) is 5.23. The maximum Gasteiger partial charge on any atom is 0.342 e. The largest absolute Gasteiger partial charge is 0.497 e. The summed E-state index contributed by atoms with van der Waals surface area (Å²) in [5, 5.41) is 0. The zero-order valence-corrected chi connectivity index (χ0v) is 19.7. The van der Waals surface area contributed by atoms with Crippen LogP contribution >= 0.6 is 0 Å². The molecule has 0 aliphatic carbocycles. The highest BCUT2D eigenvalue weighted by molar-refractivity contribution is 5.96. The van der Waals surface area contributed by atoms with Crippen LogP contribution in [-0.4, -0.2) is 36.8 Å². The molecule has 0 aliphatic rings. The molecule has 6 heteroatoms. The van der Waals surface area contributed by atoms with E-state index in [-0.39, 0.29) is 6.61 Å². The number of pyridine rings is 2. The van der Waals surface area contributed by atoms with Crippen molar-refractivity contribution < 1.29 is 19.0 Å². The highest BCUT2D eigenvalue weighted by atomic mass is 16.5. The fourth-order valence-corrected chi connectivity index (χ4v) is 3.50. The predicted molar refractivity (Wildman–Crippen MR) is 134 cm³/mol. The molecule has 0 amide bonds. The van der Waals surface area contributed by atoms with Gasteiger partial charge in [0.15, 0.2) is 5.75 Å². The molecule has 35 heavy (non-hydrogen) atoms. The normalized spacial score (nSPS) is 10.1. The number of carbonyl (C=O) groups is 1. The zero-order valence-electron chi connectivity index (χ0n) is 19.7. The topological polar surface area (TPSA) is 70.5 Å². The molecule has 0 aliphatic heterocycles. The van der Waals surface area contributed by atoms with Crippen LogP contribution < -0.4 is 9.47 Å². The third kappa shape index (κ3) is 5.48. The second-order valence-electron chi connectivity index (χ2n) is 7.45. The number of rotatable bonds is 6. The SMILES string of the molecule is CCOC(=O)c1cc(-c2ccc(OC)cc2)nc(-c2ccc(C#Cc3cccnc3)cc2)c1OC. The van der Waals surface area contributed by atoms with Gasteiger partial charge in [0, 0.05) is 34.6 Å². The molecule has 0 bridgehead atoms. The molecule has 2 heterocycles. The first-order chi connectivity index (χ1) is 17.1. The average molecular weight is 465 g/mol. The van der Waals surface area contributed by atoms with Crippen molar-refractivity contribution >= 4 is 5.97 Å². The van der Waals surface area contributed by atoms with Gasteiger partial charge in [-0.2, -0.15) is 0 Å². The summed E-state index contributed by atoms with van der Waals surface area (Å²) in [6, 6.07) is 20.6. The molecule has 2 aromatic heterocycles. The van der Waals surface area contributed by atoms with E-state index in [9.17, 15) is 4.79 Å². The molecule has 0 fully saturated rings. The lowest BCUT2D eigenvalue weighted by molar-refractivity contribution is 0.0522. The minimum atomic E-state index is -0.471. The lowest BCUT2D eigenvalue weighted by atomic mass is 10.0. The standard InChI is InChI=1S/C29H24N2O4/c1-4-35-29(32)25-18-26(22-13-15-24(33-2)16-14-22)31-27(28(25)34-3)23-11-9-20(10-12-23)7-8-21-6-5-17-30-19-21/h5-6,9-19H,4H2,1-3H3. The van der Waals surface area contributed by atoms with Crippen molar-refractivity contribution in [1.29, 1.82) is 0 Å². The molecule has 0 saturated heterocycles. The summed E-state index contributed by atoms with van der Waals surface area (Å²) in [6.45, 7) is 2.02. The number of hydrogen-bond donors (Lipinski definition) is 0. The maximum atomic E-state index is 12.8. The average Bonchev–Trinajstić information content (AvgIpc) is 2.92. The van der Waals surface area contributed by atoms with Crippen LogP contribution in [0.1, 0.15) is 28.4 Å². The van der Waals surface area contributed by atoms with Crippen LogP contribution in [0.15, 0.2) is 79.1 Å². The number of hydrogen-bond acceptors (Lipinski definition) is 6. The van der Waals surface area contributed by atoms with E-state index in [4.69, 9.17) is 19.2 Å². The van der Waals surface area contributed by atoms with E-state index in [0.717, 1.165) is 28.0 Å². The first-order valence-corrected chi connectivity index (χ1v) is 11.1. The van der Waals surface area contributed by atoms with Gasteiger partial charge >= 0.3 is 5.97 Å². The zero-order chi connectivity index (χ0) is 24.6. The lowest BCUT2D eigenvalue weighted by Gasteiger charge is -2.15. The Balaban J connectivity index is 1.78. The maximum absolute atomic E-state index is 12.8. The van der Waals surface area contributed by atoms with Crippen molar-refractivity contribution in [3.05, 3.63) is 95.8 Å². The molecule has 2 aromatic carbocycles. The minimum absolute atomic E-state index is 0.252. The van der Waals surface area contributed by atoms with Crippen molar-refractivity contribution in [2.24, 2.45) is 0 Å². The molecule has 0 saturated carbocycles. The van der Waals surface area contributed by atoms with Crippen molar-refractivity contribution in [2.45, 2.75) is 6.92 Å². The van der Waals surface area contributed by atoms with Gasteiger partial charge in [0.2, 0.25) is 0 Å². The highest BCUT2D eigenvalue weighted by Crippen LogP contribution is 2.36. The van der Waals surface area contributed by atoms with Crippen molar-refractivity contribution in [3.63, 3.8) is 0 Å². The quantitative estimate of drug-likeness (QED) is 0.281. The number of carbonyl (C=O) groups excluding carboxylic acids is 1. The summed E-state index contributed by atoms with van der Waals surface area (Å²) in [5.74, 6) is 6.85. The van der Waals surface area contributed by atoms with E-state index in [1.54, 1.807) is 32.5 Å². The van der Waals surface area contributed by atoms with Gasteiger partial charge in [0.25, 0.3) is 0 Å². The second-order valence-corrected chi connectivity index (χ2v) is 7.45. The Labute approximate surface area is 204 Å². The van der Waals surface area contributed by atoms with Gasteiger partial charge < -0.3 is 14.2 Å². The van der Waals surface area contributed by atoms with Crippen LogP contribution in [0.4, 0.5) is 0 Å². The monoisotopic (exact) mass is 464 g/mol. The van der Waals surface area contributed by atoms with Crippen LogP contribution in [0, 0.1) is 11.8 Å². The molecule has 6 nitrogen and oxygen atoms in total. The van der Waals surface area contributed by atoms with E-state index in [1.165, 1.54) is 7.11 Å². The van der Waals surface area contributed by atoms with Gasteiger partial charge in [-0.05, 0) is 61.5 Å². The van der Waals surface area contributed by atoms with Crippen LogP contribution in [0.3, 0.4) is 0 Å². The van der Waals surface area contributed by atoms with Crippen LogP contribution in [0.5, 0.6) is 11.5 Å². The van der Waals surface area contributed by atoms with Crippen LogP contribution in [0.25, 0.3) is 22.5 Å². The van der Waals surface area contributed by atoms with E-state index in [2.05, 4.69) is 16.8 Å². The Morgan fingerprint density at radius 1 is 0.886 bits per heavy atom. The number of ether oxygens (including phenoxy) is 3. The van der Waals surface area contributed by atoms with Crippen LogP contribution in [-0.2, 0) is 4.74 Å². The van der Waals surface area contributed by atoms with Gasteiger partial charge in [-0.25, -0.2) is 9.78 Å². The summed E-state index contributed by atoms with van der Waals surface area (Å²) in [5.41, 5.74) is 4.77. The first kappa shape index (κ1) is 23.5. The third-order valence-corrected chi connectivity index (χ3v) is 5.23. The summed E-state index contributed by atoms with van der Waals surface area (Å²) in [4.78, 5) is 21.7. The molecular weight excluding hydrogens is 440 g/mol. The summed E-state index contributed by atoms with van der Waals surface area (Å²) in [6.07, 6.45) is 3.43. The Morgan fingerprint density at radius 3 is 2.23 bits per heavy atom. The molecular formula is C29H24N2O4. The molecule has 0 atom stereocenters. The number of aromatic nitrogens is 2. The van der Waals surface area contributed by atoms with E-state index < -0.39 is 5.97 Å². The highest BCUT2D eigenvalue weighted by Gasteiger charge is 2.22. The minimum Gasteiger partial charge on any atom is -0.497 e. The second kappa shape index (κ2) is 11.0. The Bertz CT molecular complexity index is 1370. The molecule has 0 N–H and O–H groups in total. The summed E-state index contributed by atoms with van der Waals surface area (Å²) < 4.78 is 16.2. The van der Waals surface area contributed by atoms with Crippen molar-refractivity contribution in [3.8, 4) is 45.9 Å². The fourth-order valence-electron chi connectivity index (χ4n) is 3.50. The number of nitrogens with zero attached hydrogens (tertiary/aromatic N) is 2. The molecule has 4 rings (SSSR count). The Morgan fingerprint density at radius 2 is 1.60 bits per heavy atom. The van der Waals surface area contributed by atoms with Crippen molar-refractivity contribution in [1.82, 2.24) is 9.97 Å². The smallest absolute Gasteiger partial charge is 0.342 e. The number of benzene rings is 2. The van der Waals surface area contributed by atoms with Crippen molar-refractivity contribution in [2.75, 3.05) is 20.8 Å².